The van der Waals surface area contributed by atoms with E-state index in [2.05, 4.69) is 51.7 Å². The van der Waals surface area contributed by atoms with E-state index in [1.165, 1.54) is 15.6 Å². The number of aliphatic imine (C=N–C) groups is 1. The molecular formula is C23H32IN5O2S. The Kier molecular flexibility index (Phi) is 8.26. The highest BCUT2D eigenvalue weighted by molar-refractivity contribution is 14.0. The Bertz CT molecular complexity index is 1040. The van der Waals surface area contributed by atoms with Crippen LogP contribution in [0, 0.1) is 6.92 Å². The molecule has 1 atom stereocenters. The summed E-state index contributed by atoms with van der Waals surface area (Å²) in [6.07, 6.45) is 1.78. The normalized spacial score (nSPS) is 18.3. The smallest absolute Gasteiger partial charge is 0.236 e. The van der Waals surface area contributed by atoms with Crippen LogP contribution < -0.4 is 19.8 Å². The number of para-hydroxylation sites is 1. The lowest BCUT2D eigenvalue weighted by Gasteiger charge is -2.22. The van der Waals surface area contributed by atoms with Crippen molar-refractivity contribution >= 4 is 51.3 Å². The van der Waals surface area contributed by atoms with E-state index in [0.29, 0.717) is 19.0 Å². The van der Waals surface area contributed by atoms with Crippen LogP contribution >= 0.6 is 24.0 Å². The van der Waals surface area contributed by atoms with Crippen LogP contribution in [-0.4, -0.2) is 59.4 Å². The van der Waals surface area contributed by atoms with Gasteiger partial charge < -0.3 is 15.5 Å². The fourth-order valence-corrected chi connectivity index (χ4v) is 5.69. The zero-order valence-electron chi connectivity index (χ0n) is 18.6. The van der Waals surface area contributed by atoms with Crippen molar-refractivity contribution in [1.29, 1.82) is 0 Å². The van der Waals surface area contributed by atoms with E-state index in [9.17, 15) is 8.42 Å². The van der Waals surface area contributed by atoms with Gasteiger partial charge in [-0.3, -0.25) is 9.30 Å². The number of rotatable bonds is 6. The molecule has 4 rings (SSSR count). The van der Waals surface area contributed by atoms with Crippen molar-refractivity contribution < 1.29 is 8.42 Å². The number of anilines is 2. The van der Waals surface area contributed by atoms with Crippen LogP contribution in [-0.2, 0) is 16.4 Å². The fraction of sp³-hybridized carbons (Fsp3) is 0.435. The third kappa shape index (κ3) is 5.67. The molecule has 0 saturated carbocycles. The molecule has 1 fully saturated rings. The maximum atomic E-state index is 12.9. The van der Waals surface area contributed by atoms with E-state index in [0.717, 1.165) is 37.2 Å². The van der Waals surface area contributed by atoms with Gasteiger partial charge in [0.15, 0.2) is 5.96 Å². The van der Waals surface area contributed by atoms with Gasteiger partial charge in [-0.25, -0.2) is 8.42 Å². The minimum atomic E-state index is -3.37. The number of benzene rings is 2. The number of sulfonamides is 1. The first-order valence-corrected chi connectivity index (χ1v) is 12.4. The second-order valence-electron chi connectivity index (χ2n) is 8.18. The number of fused-ring (bicyclic) bond motifs is 1. The Morgan fingerprint density at radius 2 is 1.88 bits per heavy atom. The van der Waals surface area contributed by atoms with Crippen LogP contribution in [0.25, 0.3) is 0 Å². The SMILES string of the molecule is CN=C(NCCS(=O)(=O)N1CCc2ccccc21)NC1CCN(c2ccc(C)cc2)C1.I. The van der Waals surface area contributed by atoms with Gasteiger partial charge in [0, 0.05) is 45.0 Å². The van der Waals surface area contributed by atoms with E-state index >= 15 is 0 Å². The molecule has 1 saturated heterocycles. The summed E-state index contributed by atoms with van der Waals surface area (Å²) >= 11 is 0. The molecule has 2 aliphatic heterocycles. The molecule has 2 aromatic rings. The van der Waals surface area contributed by atoms with Gasteiger partial charge in [0.25, 0.3) is 0 Å². The Hall–Kier alpha value is -2.01. The van der Waals surface area contributed by atoms with Crippen LogP contribution in [0.1, 0.15) is 17.5 Å². The van der Waals surface area contributed by atoms with Crippen LogP contribution in [0.4, 0.5) is 11.4 Å². The molecular weight excluding hydrogens is 537 g/mol. The van der Waals surface area contributed by atoms with Crippen LogP contribution in [0.15, 0.2) is 53.5 Å². The summed E-state index contributed by atoms with van der Waals surface area (Å²) in [5.74, 6) is 0.676. The van der Waals surface area contributed by atoms with Gasteiger partial charge in [-0.2, -0.15) is 0 Å². The number of halogens is 1. The molecule has 2 aromatic carbocycles. The van der Waals surface area contributed by atoms with Gasteiger partial charge >= 0.3 is 0 Å². The average Bonchev–Trinajstić information content (AvgIpc) is 3.41. The van der Waals surface area contributed by atoms with Crippen molar-refractivity contribution in [2.24, 2.45) is 4.99 Å². The molecule has 32 heavy (non-hydrogen) atoms. The lowest BCUT2D eigenvalue weighted by atomic mass is 10.2. The molecule has 2 heterocycles. The summed E-state index contributed by atoms with van der Waals surface area (Å²) in [4.78, 5) is 6.64. The molecule has 2 N–H and O–H groups in total. The Labute approximate surface area is 208 Å². The first-order valence-electron chi connectivity index (χ1n) is 10.8. The van der Waals surface area contributed by atoms with Crippen molar-refractivity contribution in [3.8, 4) is 0 Å². The molecule has 0 spiro atoms. The van der Waals surface area contributed by atoms with E-state index < -0.39 is 10.0 Å². The van der Waals surface area contributed by atoms with Crippen molar-refractivity contribution in [3.63, 3.8) is 0 Å². The predicted molar refractivity (Wildman–Crippen MR) is 143 cm³/mol. The first kappa shape index (κ1) is 24.6. The number of hydrogen-bond donors (Lipinski definition) is 2. The molecule has 0 aliphatic carbocycles. The average molecular weight is 570 g/mol. The number of nitrogens with zero attached hydrogens (tertiary/aromatic N) is 3. The maximum Gasteiger partial charge on any atom is 0.236 e. The van der Waals surface area contributed by atoms with Gasteiger partial charge in [-0.15, -0.1) is 24.0 Å². The third-order valence-electron chi connectivity index (χ3n) is 5.98. The summed E-state index contributed by atoms with van der Waals surface area (Å²) in [6.45, 7) is 4.81. The Morgan fingerprint density at radius 3 is 2.62 bits per heavy atom. The number of nitrogens with one attached hydrogen (secondary N) is 2. The van der Waals surface area contributed by atoms with E-state index in [-0.39, 0.29) is 35.8 Å². The monoisotopic (exact) mass is 569 g/mol. The third-order valence-corrected chi connectivity index (χ3v) is 7.76. The molecule has 7 nitrogen and oxygen atoms in total. The lowest BCUT2D eigenvalue weighted by Crippen LogP contribution is -2.46. The van der Waals surface area contributed by atoms with Crippen molar-refractivity contribution in [2.75, 3.05) is 48.2 Å². The molecule has 174 valence electrons. The summed E-state index contributed by atoms with van der Waals surface area (Å²) in [5, 5.41) is 6.61. The van der Waals surface area contributed by atoms with Crippen LogP contribution in [0.3, 0.4) is 0 Å². The topological polar surface area (TPSA) is 77.0 Å². The minimum Gasteiger partial charge on any atom is -0.369 e. The lowest BCUT2D eigenvalue weighted by molar-refractivity contribution is 0.590. The highest BCUT2D eigenvalue weighted by Crippen LogP contribution is 2.29. The van der Waals surface area contributed by atoms with Gasteiger partial charge in [0.2, 0.25) is 10.0 Å². The maximum absolute atomic E-state index is 12.9. The van der Waals surface area contributed by atoms with Gasteiger partial charge in [-0.05, 0) is 43.5 Å². The molecule has 0 bridgehead atoms. The standard InChI is InChI=1S/C23H31N5O2S.HI/c1-18-7-9-21(10-8-18)27-14-12-20(17-27)26-23(24-2)25-13-16-31(29,30)28-15-11-19-5-3-4-6-22(19)28;/h3-10,20H,11-17H2,1-2H3,(H2,24,25,26);1H. The first-order chi connectivity index (χ1) is 15.0. The van der Waals surface area contributed by atoms with E-state index in [1.54, 1.807) is 7.05 Å². The fourth-order valence-electron chi connectivity index (χ4n) is 4.26. The summed E-state index contributed by atoms with van der Waals surface area (Å²) < 4.78 is 27.2. The van der Waals surface area contributed by atoms with Crippen molar-refractivity contribution in [3.05, 3.63) is 59.7 Å². The largest absolute Gasteiger partial charge is 0.369 e. The van der Waals surface area contributed by atoms with Crippen LogP contribution in [0.5, 0.6) is 0 Å². The number of guanidine groups is 1. The second kappa shape index (κ2) is 10.7. The second-order valence-corrected chi connectivity index (χ2v) is 10.2. The van der Waals surface area contributed by atoms with Gasteiger partial charge in [0.05, 0.1) is 11.4 Å². The van der Waals surface area contributed by atoms with Gasteiger partial charge in [-0.1, -0.05) is 35.9 Å². The Balaban J connectivity index is 0.00000289. The zero-order chi connectivity index (χ0) is 21.8. The zero-order valence-corrected chi connectivity index (χ0v) is 21.8. The summed E-state index contributed by atoms with van der Waals surface area (Å²) in [5.41, 5.74) is 4.40. The van der Waals surface area contributed by atoms with Crippen LogP contribution in [0.2, 0.25) is 0 Å². The highest BCUT2D eigenvalue weighted by atomic mass is 127. The molecule has 0 radical (unpaired) electrons. The van der Waals surface area contributed by atoms with Gasteiger partial charge in [0.1, 0.15) is 0 Å². The number of aryl methyl sites for hydroxylation is 1. The van der Waals surface area contributed by atoms with E-state index in [4.69, 9.17) is 0 Å². The Morgan fingerprint density at radius 1 is 1.12 bits per heavy atom. The summed E-state index contributed by atoms with van der Waals surface area (Å²) in [7, 11) is -1.66. The molecule has 2 aliphatic rings. The quantitative estimate of drug-likeness (QED) is 0.318. The van der Waals surface area contributed by atoms with Crippen molar-refractivity contribution in [1.82, 2.24) is 10.6 Å². The molecule has 9 heteroatoms. The summed E-state index contributed by atoms with van der Waals surface area (Å²) in [6, 6.07) is 16.6. The number of hydrogen-bond acceptors (Lipinski definition) is 4. The molecule has 0 amide bonds. The minimum absolute atomic E-state index is 0. The molecule has 1 unspecified atom stereocenters. The highest BCUT2D eigenvalue weighted by Gasteiger charge is 2.29. The molecule has 0 aromatic heterocycles. The van der Waals surface area contributed by atoms with Crippen molar-refractivity contribution in [2.45, 2.75) is 25.8 Å². The van der Waals surface area contributed by atoms with E-state index in [1.807, 2.05) is 24.3 Å². The predicted octanol–water partition coefficient (Wildman–Crippen LogP) is 2.75.